The Morgan fingerprint density at radius 1 is 1.28 bits per heavy atom. The molecule has 1 saturated carbocycles. The van der Waals surface area contributed by atoms with E-state index in [0.717, 1.165) is 5.56 Å². The van der Waals surface area contributed by atoms with Crippen LogP contribution in [0.4, 0.5) is 4.79 Å². The SMILES string of the molecule is CCOC(=O)[C@H]1CC[C@H](N=[N+]=[N-])[C@H](NC(=O)OCc2ccccc2)C1. The maximum atomic E-state index is 12.1. The molecule has 1 aliphatic carbocycles. The van der Waals surface area contributed by atoms with Crippen LogP contribution in [0.15, 0.2) is 35.4 Å². The maximum absolute atomic E-state index is 12.1. The van der Waals surface area contributed by atoms with E-state index in [0.29, 0.717) is 25.9 Å². The molecule has 0 radical (unpaired) electrons. The Kier molecular flexibility index (Phi) is 7.10. The van der Waals surface area contributed by atoms with E-state index in [1.165, 1.54) is 0 Å². The van der Waals surface area contributed by atoms with Gasteiger partial charge in [-0.05, 0) is 37.3 Å². The monoisotopic (exact) mass is 346 g/mol. The van der Waals surface area contributed by atoms with Crippen LogP contribution < -0.4 is 5.32 Å². The predicted octanol–water partition coefficient (Wildman–Crippen LogP) is 3.32. The first kappa shape index (κ1) is 18.6. The number of amides is 1. The van der Waals surface area contributed by atoms with Gasteiger partial charge in [0.2, 0.25) is 0 Å². The molecule has 25 heavy (non-hydrogen) atoms. The van der Waals surface area contributed by atoms with Crippen molar-refractivity contribution in [2.45, 2.75) is 44.9 Å². The third-order valence-electron chi connectivity index (χ3n) is 4.15. The van der Waals surface area contributed by atoms with Crippen molar-refractivity contribution in [2.75, 3.05) is 6.61 Å². The van der Waals surface area contributed by atoms with Crippen LogP contribution in [-0.2, 0) is 20.9 Å². The Labute approximate surface area is 146 Å². The van der Waals surface area contributed by atoms with Crippen molar-refractivity contribution in [1.82, 2.24) is 5.32 Å². The van der Waals surface area contributed by atoms with E-state index in [9.17, 15) is 9.59 Å². The first-order valence-corrected chi connectivity index (χ1v) is 8.32. The largest absolute Gasteiger partial charge is 0.466 e. The molecular weight excluding hydrogens is 324 g/mol. The van der Waals surface area contributed by atoms with E-state index in [1.807, 2.05) is 30.3 Å². The summed E-state index contributed by atoms with van der Waals surface area (Å²) in [5.74, 6) is -0.601. The number of carbonyl (C=O) groups is 2. The van der Waals surface area contributed by atoms with E-state index in [2.05, 4.69) is 15.3 Å². The van der Waals surface area contributed by atoms with Crippen LogP contribution in [0.3, 0.4) is 0 Å². The molecule has 1 aliphatic rings. The molecule has 0 unspecified atom stereocenters. The minimum absolute atomic E-state index is 0.146. The number of ether oxygens (including phenoxy) is 2. The molecule has 0 heterocycles. The van der Waals surface area contributed by atoms with Gasteiger partial charge in [-0.15, -0.1) is 0 Å². The number of hydrogen-bond acceptors (Lipinski definition) is 5. The summed E-state index contributed by atoms with van der Waals surface area (Å²) >= 11 is 0. The maximum Gasteiger partial charge on any atom is 0.407 e. The number of rotatable bonds is 6. The van der Waals surface area contributed by atoms with Crippen molar-refractivity contribution in [3.63, 3.8) is 0 Å². The zero-order chi connectivity index (χ0) is 18.1. The Morgan fingerprint density at radius 2 is 2.04 bits per heavy atom. The van der Waals surface area contributed by atoms with Crippen molar-refractivity contribution < 1.29 is 19.1 Å². The predicted molar refractivity (Wildman–Crippen MR) is 90.5 cm³/mol. The number of esters is 1. The standard InChI is InChI=1S/C17H22N4O4/c1-2-24-16(22)13-8-9-14(20-21-18)15(10-13)19-17(23)25-11-12-6-4-3-5-7-12/h3-7,13-15H,2,8-11H2,1H3,(H,19,23)/t13-,14-,15+/m0/s1. The first-order valence-electron chi connectivity index (χ1n) is 8.32. The lowest BCUT2D eigenvalue weighted by atomic mass is 9.82. The first-order chi connectivity index (χ1) is 12.1. The van der Waals surface area contributed by atoms with Gasteiger partial charge in [0.15, 0.2) is 0 Å². The van der Waals surface area contributed by atoms with Crippen molar-refractivity contribution in [3.05, 3.63) is 46.3 Å². The highest BCUT2D eigenvalue weighted by molar-refractivity contribution is 5.73. The van der Waals surface area contributed by atoms with Crippen molar-refractivity contribution >= 4 is 12.1 Å². The summed E-state index contributed by atoms with van der Waals surface area (Å²) in [6, 6.07) is 8.45. The van der Waals surface area contributed by atoms with Gasteiger partial charge in [0, 0.05) is 11.0 Å². The summed E-state index contributed by atoms with van der Waals surface area (Å²) < 4.78 is 10.2. The minimum Gasteiger partial charge on any atom is -0.466 e. The Bertz CT molecular complexity index is 631. The highest BCUT2D eigenvalue weighted by atomic mass is 16.5. The molecule has 0 saturated heterocycles. The average molecular weight is 346 g/mol. The second-order valence-electron chi connectivity index (χ2n) is 5.85. The number of nitrogens with zero attached hydrogens (tertiary/aromatic N) is 3. The number of carbonyl (C=O) groups excluding carboxylic acids is 2. The second-order valence-corrected chi connectivity index (χ2v) is 5.85. The van der Waals surface area contributed by atoms with Crippen LogP contribution in [0.1, 0.15) is 31.7 Å². The Balaban J connectivity index is 1.93. The summed E-state index contributed by atoms with van der Waals surface area (Å²) in [6.45, 7) is 2.21. The van der Waals surface area contributed by atoms with Crippen molar-refractivity contribution in [2.24, 2.45) is 11.0 Å². The van der Waals surface area contributed by atoms with Gasteiger partial charge in [0.05, 0.1) is 18.6 Å². The van der Waals surface area contributed by atoms with Gasteiger partial charge in [-0.2, -0.15) is 0 Å². The van der Waals surface area contributed by atoms with E-state index < -0.39 is 18.2 Å². The van der Waals surface area contributed by atoms with E-state index in [4.69, 9.17) is 15.0 Å². The van der Waals surface area contributed by atoms with Gasteiger partial charge in [0.1, 0.15) is 6.61 Å². The molecule has 134 valence electrons. The lowest BCUT2D eigenvalue weighted by Gasteiger charge is -2.32. The number of alkyl carbamates (subject to hydrolysis) is 1. The molecule has 8 nitrogen and oxygen atoms in total. The fourth-order valence-electron chi connectivity index (χ4n) is 2.90. The molecule has 1 fully saturated rings. The fraction of sp³-hybridized carbons (Fsp3) is 0.529. The summed E-state index contributed by atoms with van der Waals surface area (Å²) in [4.78, 5) is 26.8. The minimum atomic E-state index is -0.600. The van der Waals surface area contributed by atoms with Gasteiger partial charge >= 0.3 is 12.1 Å². The third kappa shape index (κ3) is 5.69. The van der Waals surface area contributed by atoms with Gasteiger partial charge in [-0.1, -0.05) is 35.4 Å². The van der Waals surface area contributed by atoms with Gasteiger partial charge in [-0.25, -0.2) is 4.79 Å². The summed E-state index contributed by atoms with van der Waals surface area (Å²) in [7, 11) is 0. The van der Waals surface area contributed by atoms with Crippen LogP contribution in [0, 0.1) is 5.92 Å². The van der Waals surface area contributed by atoms with Crippen LogP contribution in [0.25, 0.3) is 10.4 Å². The van der Waals surface area contributed by atoms with Crippen molar-refractivity contribution in [1.29, 1.82) is 0 Å². The number of benzene rings is 1. The average Bonchev–Trinajstić information content (AvgIpc) is 2.62. The number of azide groups is 1. The molecule has 3 atom stereocenters. The van der Waals surface area contributed by atoms with Crippen LogP contribution >= 0.6 is 0 Å². The smallest absolute Gasteiger partial charge is 0.407 e. The molecule has 0 bridgehead atoms. The molecule has 2 rings (SSSR count). The van der Waals surface area contributed by atoms with E-state index in [-0.39, 0.29) is 18.5 Å². The molecule has 1 amide bonds. The quantitative estimate of drug-likeness (QED) is 0.368. The summed E-state index contributed by atoms with van der Waals surface area (Å²) in [5, 5.41) is 6.45. The van der Waals surface area contributed by atoms with Crippen LogP contribution in [0.2, 0.25) is 0 Å². The molecular formula is C17H22N4O4. The van der Waals surface area contributed by atoms with E-state index >= 15 is 0 Å². The molecule has 1 aromatic carbocycles. The molecule has 0 aromatic heterocycles. The van der Waals surface area contributed by atoms with E-state index in [1.54, 1.807) is 6.92 Å². The summed E-state index contributed by atoms with van der Waals surface area (Å²) in [5.41, 5.74) is 9.58. The molecule has 1 aromatic rings. The van der Waals surface area contributed by atoms with Gasteiger partial charge in [-0.3, -0.25) is 4.79 Å². The normalized spacial score (nSPS) is 22.4. The molecule has 8 heteroatoms. The lowest BCUT2D eigenvalue weighted by Crippen LogP contribution is -2.47. The second kappa shape index (κ2) is 9.54. The van der Waals surface area contributed by atoms with Crippen LogP contribution in [0.5, 0.6) is 0 Å². The topological polar surface area (TPSA) is 113 Å². The van der Waals surface area contributed by atoms with Crippen LogP contribution in [-0.4, -0.2) is 30.8 Å². The zero-order valence-electron chi connectivity index (χ0n) is 14.1. The number of hydrogen-bond donors (Lipinski definition) is 1. The highest BCUT2D eigenvalue weighted by Gasteiger charge is 2.35. The van der Waals surface area contributed by atoms with Gasteiger partial charge in [0.25, 0.3) is 0 Å². The number of nitrogens with one attached hydrogen (secondary N) is 1. The van der Waals surface area contributed by atoms with Crippen molar-refractivity contribution in [3.8, 4) is 0 Å². The molecule has 1 N–H and O–H groups in total. The lowest BCUT2D eigenvalue weighted by molar-refractivity contribution is -0.149. The van der Waals surface area contributed by atoms with Gasteiger partial charge < -0.3 is 14.8 Å². The fourth-order valence-corrected chi connectivity index (χ4v) is 2.90. The Hall–Kier alpha value is -2.73. The summed E-state index contributed by atoms with van der Waals surface area (Å²) in [6.07, 6.45) is 0.844. The Morgan fingerprint density at radius 3 is 2.72 bits per heavy atom. The third-order valence-corrected chi connectivity index (χ3v) is 4.15. The molecule has 0 aliphatic heterocycles. The highest BCUT2D eigenvalue weighted by Crippen LogP contribution is 2.28. The molecule has 0 spiro atoms. The zero-order valence-corrected chi connectivity index (χ0v) is 14.1.